The first-order valence-corrected chi connectivity index (χ1v) is 9.70. The normalized spacial score (nSPS) is 10.4. The molecule has 0 aliphatic carbocycles. The predicted molar refractivity (Wildman–Crippen MR) is 121 cm³/mol. The van der Waals surface area contributed by atoms with Crippen molar-refractivity contribution in [2.75, 3.05) is 11.9 Å². The zero-order chi connectivity index (χ0) is 23.1. The third-order valence-electron chi connectivity index (χ3n) is 4.44. The monoisotopic (exact) mass is 434 g/mol. The molecule has 0 spiro atoms. The Kier molecular flexibility index (Phi) is 6.96. The average molecular weight is 434 g/mol. The molecule has 0 saturated heterocycles. The second-order valence-electron chi connectivity index (χ2n) is 6.90. The second-order valence-corrected chi connectivity index (χ2v) is 6.90. The van der Waals surface area contributed by atoms with Crippen LogP contribution in [0.4, 0.5) is 11.5 Å². The average Bonchev–Trinajstić information content (AvgIpc) is 2.75. The number of anilines is 1. The number of carbonyl (C=O) groups excluding carboxylic acids is 2. The van der Waals surface area contributed by atoms with Crippen LogP contribution in [0.15, 0.2) is 59.6 Å². The van der Waals surface area contributed by atoms with E-state index >= 15 is 0 Å². The fourth-order valence-electron chi connectivity index (χ4n) is 3.00. The van der Waals surface area contributed by atoms with E-state index in [0.717, 1.165) is 5.39 Å². The van der Waals surface area contributed by atoms with E-state index in [4.69, 9.17) is 16.6 Å². The number of rotatable bonds is 8. The summed E-state index contributed by atoms with van der Waals surface area (Å²) in [6, 6.07) is 15.4. The molecule has 0 saturated carbocycles. The minimum atomic E-state index is -0.953. The molecule has 0 unspecified atom stereocenters. The van der Waals surface area contributed by atoms with Gasteiger partial charge in [0.2, 0.25) is 5.91 Å². The van der Waals surface area contributed by atoms with E-state index in [1.54, 1.807) is 30.3 Å². The Balaban J connectivity index is 1.70. The number of para-hydroxylation sites is 1. The number of fused-ring (bicyclic) bond motifs is 1. The van der Waals surface area contributed by atoms with Gasteiger partial charge in [0, 0.05) is 17.4 Å². The van der Waals surface area contributed by atoms with Gasteiger partial charge in [-0.05, 0) is 42.3 Å². The molecule has 10 nitrogen and oxygen atoms in total. The largest absolute Gasteiger partial charge is 0.481 e. The lowest BCUT2D eigenvalue weighted by Crippen LogP contribution is -2.33. The molecule has 3 aromatic rings. The zero-order valence-corrected chi connectivity index (χ0v) is 17.0. The summed E-state index contributed by atoms with van der Waals surface area (Å²) in [6.45, 7) is -0.307. The van der Waals surface area contributed by atoms with E-state index in [-0.39, 0.29) is 36.7 Å². The summed E-state index contributed by atoms with van der Waals surface area (Å²) in [4.78, 5) is 44.1. The molecule has 3 rings (SSSR count). The minimum absolute atomic E-state index is 0.105. The standard InChI is InChI=1S/C22H22N6O4/c23-22(24)26-16-6-3-5-15(11-16)21(32)25-12-18(29)28-20-14(8-9-19(30)31)10-13-4-1-2-7-17(13)27-20/h1-7,10-11H,8-9,12H2,(H,25,32)(H,30,31)(H4,23,24,26)(H,27,28,29). The predicted octanol–water partition coefficient (Wildman–Crippen LogP) is 1.53. The number of amides is 2. The molecule has 1 heterocycles. The van der Waals surface area contributed by atoms with Crippen LogP contribution in [0.25, 0.3) is 10.9 Å². The summed E-state index contributed by atoms with van der Waals surface area (Å²) >= 11 is 0. The van der Waals surface area contributed by atoms with E-state index < -0.39 is 17.8 Å². The number of nitrogens with one attached hydrogen (secondary N) is 2. The molecule has 164 valence electrons. The van der Waals surface area contributed by atoms with Crippen LogP contribution < -0.4 is 22.1 Å². The smallest absolute Gasteiger partial charge is 0.303 e. The Bertz CT molecular complexity index is 1200. The van der Waals surface area contributed by atoms with Gasteiger partial charge in [0.25, 0.3) is 5.91 Å². The van der Waals surface area contributed by atoms with E-state index in [0.29, 0.717) is 16.8 Å². The Labute approximate surface area is 183 Å². The van der Waals surface area contributed by atoms with E-state index in [2.05, 4.69) is 20.6 Å². The molecule has 1 aromatic heterocycles. The van der Waals surface area contributed by atoms with Crippen molar-refractivity contribution in [2.24, 2.45) is 16.5 Å². The number of nitrogens with two attached hydrogens (primary N) is 2. The molecular formula is C22H22N6O4. The molecule has 0 aliphatic rings. The van der Waals surface area contributed by atoms with Gasteiger partial charge >= 0.3 is 5.97 Å². The number of carboxylic acid groups (broad SMARTS) is 1. The van der Waals surface area contributed by atoms with Crippen LogP contribution in [0.3, 0.4) is 0 Å². The number of aromatic nitrogens is 1. The fourth-order valence-corrected chi connectivity index (χ4v) is 3.00. The maximum Gasteiger partial charge on any atom is 0.303 e. The summed E-state index contributed by atoms with van der Waals surface area (Å²) in [6.07, 6.45) is 0.0957. The molecule has 0 fully saturated rings. The number of pyridine rings is 1. The van der Waals surface area contributed by atoms with Crippen LogP contribution in [0.1, 0.15) is 22.3 Å². The van der Waals surface area contributed by atoms with Crippen LogP contribution in [-0.4, -0.2) is 40.4 Å². The number of benzene rings is 2. The molecule has 0 bridgehead atoms. The highest BCUT2D eigenvalue weighted by Gasteiger charge is 2.13. The summed E-state index contributed by atoms with van der Waals surface area (Å²) < 4.78 is 0. The first-order valence-electron chi connectivity index (χ1n) is 9.70. The van der Waals surface area contributed by atoms with Crippen molar-refractivity contribution in [3.05, 3.63) is 65.7 Å². The van der Waals surface area contributed by atoms with Crippen LogP contribution >= 0.6 is 0 Å². The van der Waals surface area contributed by atoms with Gasteiger partial charge in [-0.25, -0.2) is 9.98 Å². The number of carbonyl (C=O) groups is 3. The number of hydrogen-bond acceptors (Lipinski definition) is 5. The summed E-state index contributed by atoms with van der Waals surface area (Å²) in [7, 11) is 0. The van der Waals surface area contributed by atoms with Gasteiger partial charge in [0.15, 0.2) is 5.96 Å². The van der Waals surface area contributed by atoms with Gasteiger partial charge in [-0.2, -0.15) is 0 Å². The van der Waals surface area contributed by atoms with Crippen molar-refractivity contribution in [1.29, 1.82) is 0 Å². The van der Waals surface area contributed by atoms with Crippen molar-refractivity contribution in [3.8, 4) is 0 Å². The van der Waals surface area contributed by atoms with Crippen LogP contribution in [0.5, 0.6) is 0 Å². The topological polar surface area (TPSA) is 173 Å². The number of aliphatic carboxylic acids is 1. The lowest BCUT2D eigenvalue weighted by Gasteiger charge is -2.12. The maximum absolute atomic E-state index is 12.5. The molecule has 2 amide bonds. The van der Waals surface area contributed by atoms with Crippen molar-refractivity contribution in [1.82, 2.24) is 10.3 Å². The van der Waals surface area contributed by atoms with Crippen molar-refractivity contribution < 1.29 is 19.5 Å². The summed E-state index contributed by atoms with van der Waals surface area (Å²) in [5.41, 5.74) is 12.6. The summed E-state index contributed by atoms with van der Waals surface area (Å²) in [5.74, 6) is -1.81. The van der Waals surface area contributed by atoms with E-state index in [1.807, 2.05) is 18.2 Å². The molecule has 0 aliphatic heterocycles. The van der Waals surface area contributed by atoms with Gasteiger partial charge in [-0.1, -0.05) is 24.3 Å². The van der Waals surface area contributed by atoms with Crippen molar-refractivity contribution >= 4 is 46.2 Å². The van der Waals surface area contributed by atoms with Gasteiger partial charge in [-0.15, -0.1) is 0 Å². The van der Waals surface area contributed by atoms with Crippen LogP contribution in [0.2, 0.25) is 0 Å². The van der Waals surface area contributed by atoms with Crippen LogP contribution in [-0.2, 0) is 16.0 Å². The lowest BCUT2D eigenvalue weighted by atomic mass is 10.1. The second kappa shape index (κ2) is 10.0. The molecule has 7 N–H and O–H groups in total. The number of carboxylic acids is 1. The highest BCUT2D eigenvalue weighted by molar-refractivity contribution is 6.00. The fraction of sp³-hybridized carbons (Fsp3) is 0.136. The number of nitrogens with zero attached hydrogens (tertiary/aromatic N) is 2. The summed E-state index contributed by atoms with van der Waals surface area (Å²) in [5, 5.41) is 15.0. The first kappa shape index (κ1) is 22.2. The Morgan fingerprint density at radius 3 is 2.56 bits per heavy atom. The Morgan fingerprint density at radius 2 is 1.81 bits per heavy atom. The van der Waals surface area contributed by atoms with E-state index in [9.17, 15) is 14.4 Å². The SMILES string of the molecule is NC(N)=Nc1cccc(C(=O)NCC(=O)Nc2nc3ccccc3cc2CCC(=O)O)c1. The highest BCUT2D eigenvalue weighted by atomic mass is 16.4. The van der Waals surface area contributed by atoms with Gasteiger partial charge in [0.05, 0.1) is 17.7 Å². The molecule has 0 atom stereocenters. The van der Waals surface area contributed by atoms with Gasteiger partial charge in [-0.3, -0.25) is 14.4 Å². The Hall–Kier alpha value is -4.47. The third-order valence-corrected chi connectivity index (χ3v) is 4.44. The minimum Gasteiger partial charge on any atom is -0.481 e. The van der Waals surface area contributed by atoms with Crippen molar-refractivity contribution in [3.63, 3.8) is 0 Å². The maximum atomic E-state index is 12.5. The third kappa shape index (κ3) is 6.02. The molecular weight excluding hydrogens is 412 g/mol. The quantitative estimate of drug-likeness (QED) is 0.264. The molecule has 32 heavy (non-hydrogen) atoms. The van der Waals surface area contributed by atoms with Gasteiger partial charge < -0.3 is 27.2 Å². The van der Waals surface area contributed by atoms with Crippen LogP contribution in [0, 0.1) is 0 Å². The number of guanidine groups is 1. The number of aryl methyl sites for hydroxylation is 1. The molecule has 2 aromatic carbocycles. The molecule has 0 radical (unpaired) electrons. The first-order chi connectivity index (χ1) is 15.3. The zero-order valence-electron chi connectivity index (χ0n) is 17.0. The molecule has 10 heteroatoms. The van der Waals surface area contributed by atoms with Crippen molar-refractivity contribution in [2.45, 2.75) is 12.8 Å². The highest BCUT2D eigenvalue weighted by Crippen LogP contribution is 2.22. The Morgan fingerprint density at radius 1 is 1.03 bits per heavy atom. The number of aliphatic imine (C=N–C) groups is 1. The van der Waals surface area contributed by atoms with Gasteiger partial charge in [0.1, 0.15) is 5.82 Å². The van der Waals surface area contributed by atoms with E-state index in [1.165, 1.54) is 6.07 Å². The number of hydrogen-bond donors (Lipinski definition) is 5. The lowest BCUT2D eigenvalue weighted by molar-refractivity contribution is -0.137.